The molecule has 1 saturated carbocycles. The number of thioether (sulfide) groups is 1. The lowest BCUT2D eigenvalue weighted by Crippen LogP contribution is -2.44. The highest BCUT2D eigenvalue weighted by molar-refractivity contribution is 7.99. The molecule has 1 aromatic carbocycles. The van der Waals surface area contributed by atoms with Crippen LogP contribution in [0.15, 0.2) is 29.4 Å². The normalized spacial score (nSPS) is 14.2. The van der Waals surface area contributed by atoms with E-state index in [2.05, 4.69) is 27.8 Å². The van der Waals surface area contributed by atoms with E-state index in [4.69, 9.17) is 11.6 Å². The maximum atomic E-state index is 12.1. The molecule has 1 aliphatic carbocycles. The van der Waals surface area contributed by atoms with Crippen LogP contribution in [0.3, 0.4) is 0 Å². The minimum atomic E-state index is -0.422. The third kappa shape index (κ3) is 5.48. The van der Waals surface area contributed by atoms with Crippen LogP contribution in [-0.4, -0.2) is 38.5 Å². The predicted molar refractivity (Wildman–Crippen MR) is 110 cm³/mol. The third-order valence-corrected chi connectivity index (χ3v) is 5.76. The molecular weight excluding hydrogens is 398 g/mol. The first kappa shape index (κ1) is 20.7. The number of aromatic nitrogens is 3. The summed E-state index contributed by atoms with van der Waals surface area (Å²) < 4.78 is 1.99. The summed E-state index contributed by atoms with van der Waals surface area (Å²) in [5.41, 5.74) is 0.914. The van der Waals surface area contributed by atoms with Crippen LogP contribution in [0.2, 0.25) is 5.02 Å². The summed E-state index contributed by atoms with van der Waals surface area (Å²) in [5, 5.41) is 15.1. The van der Waals surface area contributed by atoms with Crippen molar-refractivity contribution in [1.82, 2.24) is 25.4 Å². The van der Waals surface area contributed by atoms with E-state index >= 15 is 0 Å². The number of hydrogen-bond acceptors (Lipinski definition) is 5. The lowest BCUT2D eigenvalue weighted by atomic mass is 10.2. The number of amides is 3. The summed E-state index contributed by atoms with van der Waals surface area (Å²) in [6.07, 6.45) is 5.10. The molecule has 0 bridgehead atoms. The fraction of sp³-hybridized carbons (Fsp3) is 0.474. The van der Waals surface area contributed by atoms with E-state index in [1.165, 1.54) is 11.8 Å². The van der Waals surface area contributed by atoms with Crippen LogP contribution in [0.25, 0.3) is 11.4 Å². The van der Waals surface area contributed by atoms with Gasteiger partial charge in [-0.25, -0.2) is 4.79 Å². The van der Waals surface area contributed by atoms with E-state index in [1.807, 2.05) is 28.8 Å². The molecule has 1 aliphatic rings. The smallest absolute Gasteiger partial charge is 0.321 e. The molecule has 0 saturated heterocycles. The summed E-state index contributed by atoms with van der Waals surface area (Å²) in [6.45, 7) is 2.80. The minimum Gasteiger partial charge on any atom is -0.335 e. The van der Waals surface area contributed by atoms with Crippen molar-refractivity contribution in [2.45, 2.75) is 56.8 Å². The van der Waals surface area contributed by atoms with E-state index in [0.717, 1.165) is 50.0 Å². The molecule has 7 nitrogen and oxygen atoms in total. The molecule has 3 rings (SSSR count). The number of imide groups is 1. The van der Waals surface area contributed by atoms with Gasteiger partial charge < -0.3 is 9.88 Å². The van der Waals surface area contributed by atoms with Crippen LogP contribution < -0.4 is 10.6 Å². The summed E-state index contributed by atoms with van der Waals surface area (Å²) in [4.78, 5) is 24.0. The highest BCUT2D eigenvalue weighted by atomic mass is 35.5. The first-order valence-electron chi connectivity index (χ1n) is 9.49. The van der Waals surface area contributed by atoms with Gasteiger partial charge in [-0.15, -0.1) is 10.2 Å². The van der Waals surface area contributed by atoms with Crippen molar-refractivity contribution in [2.24, 2.45) is 0 Å². The molecular formula is C19H24ClN5O2S. The van der Waals surface area contributed by atoms with Crippen molar-refractivity contribution in [3.8, 4) is 11.4 Å². The zero-order valence-corrected chi connectivity index (χ0v) is 17.4. The van der Waals surface area contributed by atoms with Gasteiger partial charge in [0.2, 0.25) is 5.91 Å². The topological polar surface area (TPSA) is 88.9 Å². The molecule has 1 aromatic heterocycles. The Morgan fingerprint density at radius 2 is 1.93 bits per heavy atom. The van der Waals surface area contributed by atoms with E-state index in [-0.39, 0.29) is 17.7 Å². The van der Waals surface area contributed by atoms with Gasteiger partial charge in [0.1, 0.15) is 0 Å². The van der Waals surface area contributed by atoms with Crippen LogP contribution in [0.5, 0.6) is 0 Å². The van der Waals surface area contributed by atoms with Crippen molar-refractivity contribution < 1.29 is 9.59 Å². The van der Waals surface area contributed by atoms with Crippen LogP contribution in [-0.2, 0) is 11.3 Å². The molecule has 0 aliphatic heterocycles. The van der Waals surface area contributed by atoms with Gasteiger partial charge in [-0.05, 0) is 43.5 Å². The van der Waals surface area contributed by atoms with Crippen LogP contribution in [0, 0.1) is 0 Å². The monoisotopic (exact) mass is 421 g/mol. The summed E-state index contributed by atoms with van der Waals surface area (Å²) in [7, 11) is 0. The third-order valence-electron chi connectivity index (χ3n) is 4.54. The Morgan fingerprint density at radius 3 is 2.61 bits per heavy atom. The summed E-state index contributed by atoms with van der Waals surface area (Å²) in [6, 6.07) is 7.17. The Morgan fingerprint density at radius 1 is 1.21 bits per heavy atom. The average molecular weight is 422 g/mol. The van der Waals surface area contributed by atoms with Gasteiger partial charge in [0.25, 0.3) is 0 Å². The molecule has 0 radical (unpaired) electrons. The second-order valence-corrected chi connectivity index (χ2v) is 8.14. The van der Waals surface area contributed by atoms with E-state index < -0.39 is 6.03 Å². The number of rotatable bonds is 7. The number of hydrogen-bond donors (Lipinski definition) is 2. The first-order valence-corrected chi connectivity index (χ1v) is 10.9. The van der Waals surface area contributed by atoms with E-state index in [0.29, 0.717) is 10.2 Å². The Hall–Kier alpha value is -2.06. The fourth-order valence-corrected chi connectivity index (χ4v) is 4.11. The summed E-state index contributed by atoms with van der Waals surface area (Å²) in [5.74, 6) is 0.487. The minimum absolute atomic E-state index is 0.0978. The Kier molecular flexibility index (Phi) is 7.33. The second kappa shape index (κ2) is 9.93. The van der Waals surface area contributed by atoms with Crippen molar-refractivity contribution in [3.05, 3.63) is 29.3 Å². The van der Waals surface area contributed by atoms with Gasteiger partial charge in [0.05, 0.1) is 5.75 Å². The molecule has 9 heteroatoms. The number of urea groups is 1. The van der Waals surface area contributed by atoms with E-state index in [1.54, 1.807) is 0 Å². The number of nitrogens with zero attached hydrogens (tertiary/aromatic N) is 3. The summed E-state index contributed by atoms with van der Waals surface area (Å²) >= 11 is 7.23. The SMILES string of the molecule is CCCn1c(SCC(=O)NC(=O)NC2CCCC2)nnc1-c1ccc(Cl)cc1. The van der Waals surface area contributed by atoms with Gasteiger partial charge in [-0.1, -0.05) is 43.1 Å². The van der Waals surface area contributed by atoms with Crippen molar-refractivity contribution in [2.75, 3.05) is 5.75 Å². The maximum Gasteiger partial charge on any atom is 0.321 e. The quantitative estimate of drug-likeness (QED) is 0.662. The number of carbonyl (C=O) groups excluding carboxylic acids is 2. The maximum absolute atomic E-state index is 12.1. The molecule has 150 valence electrons. The number of carbonyl (C=O) groups is 2. The first-order chi connectivity index (χ1) is 13.6. The molecule has 1 heterocycles. The van der Waals surface area contributed by atoms with Crippen molar-refractivity contribution >= 4 is 35.3 Å². The van der Waals surface area contributed by atoms with Gasteiger partial charge in [0, 0.05) is 23.2 Å². The predicted octanol–water partition coefficient (Wildman–Crippen LogP) is 3.87. The van der Waals surface area contributed by atoms with Gasteiger partial charge in [0.15, 0.2) is 11.0 Å². The van der Waals surface area contributed by atoms with Gasteiger partial charge in [-0.2, -0.15) is 0 Å². The fourth-order valence-electron chi connectivity index (χ4n) is 3.22. The zero-order valence-electron chi connectivity index (χ0n) is 15.8. The Bertz CT molecular complexity index is 818. The number of benzene rings is 1. The zero-order chi connectivity index (χ0) is 19.9. The molecule has 2 aromatic rings. The molecule has 0 atom stereocenters. The van der Waals surface area contributed by atoms with Crippen LogP contribution in [0.4, 0.5) is 4.79 Å². The Labute approximate surface area is 173 Å². The lowest BCUT2D eigenvalue weighted by molar-refractivity contribution is -0.117. The molecule has 0 unspecified atom stereocenters. The second-order valence-electron chi connectivity index (χ2n) is 6.76. The van der Waals surface area contributed by atoms with E-state index in [9.17, 15) is 9.59 Å². The highest BCUT2D eigenvalue weighted by Crippen LogP contribution is 2.25. The van der Waals surface area contributed by atoms with Crippen LogP contribution >= 0.6 is 23.4 Å². The largest absolute Gasteiger partial charge is 0.335 e. The molecule has 1 fully saturated rings. The average Bonchev–Trinajstić information content (AvgIpc) is 3.31. The molecule has 2 N–H and O–H groups in total. The van der Waals surface area contributed by atoms with Gasteiger partial charge in [-0.3, -0.25) is 10.1 Å². The van der Waals surface area contributed by atoms with Crippen molar-refractivity contribution in [1.29, 1.82) is 0 Å². The number of halogens is 1. The standard InChI is InChI=1S/C19H24ClN5O2S/c1-2-11-25-17(13-7-9-14(20)10-8-13)23-24-19(25)28-12-16(26)22-18(27)21-15-5-3-4-6-15/h7-10,15H,2-6,11-12H2,1H3,(H2,21,22,26,27). The molecule has 28 heavy (non-hydrogen) atoms. The van der Waals surface area contributed by atoms with Crippen LogP contribution in [0.1, 0.15) is 39.0 Å². The number of nitrogens with one attached hydrogen (secondary N) is 2. The van der Waals surface area contributed by atoms with Gasteiger partial charge >= 0.3 is 6.03 Å². The Balaban J connectivity index is 1.59. The molecule has 3 amide bonds. The highest BCUT2D eigenvalue weighted by Gasteiger charge is 2.19. The van der Waals surface area contributed by atoms with Crippen molar-refractivity contribution in [3.63, 3.8) is 0 Å². The molecule has 0 spiro atoms. The lowest BCUT2D eigenvalue weighted by Gasteiger charge is -2.12.